The van der Waals surface area contributed by atoms with Gasteiger partial charge in [-0.25, -0.2) is 4.98 Å². The average Bonchev–Trinajstić information content (AvgIpc) is 2.27. The van der Waals surface area contributed by atoms with Crippen molar-refractivity contribution in [2.24, 2.45) is 5.92 Å². The van der Waals surface area contributed by atoms with Gasteiger partial charge < -0.3 is 0 Å². The molecule has 0 spiro atoms. The molecule has 2 rings (SSSR count). The van der Waals surface area contributed by atoms with E-state index in [1.165, 1.54) is 0 Å². The molecular formula is C13H12BrNO. The third-order valence-corrected chi connectivity index (χ3v) is 2.92. The number of carbonyl (C=O) groups is 1. The maximum absolute atomic E-state index is 11.8. The molecule has 0 saturated heterocycles. The van der Waals surface area contributed by atoms with Crippen LogP contribution in [0, 0.1) is 5.92 Å². The molecule has 82 valence electrons. The zero-order chi connectivity index (χ0) is 11.7. The summed E-state index contributed by atoms with van der Waals surface area (Å²) in [5, 5.41) is 1.04. The SMILES string of the molecule is CC(C)C(=O)c1ccc2cc(Br)ccc2n1. The van der Waals surface area contributed by atoms with Gasteiger partial charge in [0.15, 0.2) is 5.78 Å². The number of benzene rings is 1. The van der Waals surface area contributed by atoms with Crippen molar-refractivity contribution in [2.45, 2.75) is 13.8 Å². The van der Waals surface area contributed by atoms with Gasteiger partial charge in [-0.1, -0.05) is 35.8 Å². The summed E-state index contributed by atoms with van der Waals surface area (Å²) in [5.74, 6) is 0.0743. The first kappa shape index (κ1) is 11.3. The molecule has 0 N–H and O–H groups in total. The Bertz CT molecular complexity index is 549. The molecule has 2 aromatic rings. The minimum absolute atomic E-state index is 0.0135. The van der Waals surface area contributed by atoms with E-state index in [0.717, 1.165) is 15.4 Å². The van der Waals surface area contributed by atoms with E-state index in [-0.39, 0.29) is 11.7 Å². The molecule has 1 heterocycles. The third kappa shape index (κ3) is 2.14. The highest BCUT2D eigenvalue weighted by Crippen LogP contribution is 2.19. The first-order valence-corrected chi connectivity index (χ1v) is 5.98. The van der Waals surface area contributed by atoms with Crippen molar-refractivity contribution in [3.63, 3.8) is 0 Å². The fraction of sp³-hybridized carbons (Fsp3) is 0.231. The molecule has 0 radical (unpaired) electrons. The lowest BCUT2D eigenvalue weighted by molar-refractivity contribution is 0.0935. The number of pyridine rings is 1. The highest BCUT2D eigenvalue weighted by Gasteiger charge is 2.12. The van der Waals surface area contributed by atoms with Crippen LogP contribution in [-0.4, -0.2) is 10.8 Å². The summed E-state index contributed by atoms with van der Waals surface area (Å²) in [6, 6.07) is 9.56. The second-order valence-corrected chi connectivity index (χ2v) is 4.97. The molecule has 0 saturated carbocycles. The standard InChI is InChI=1S/C13H12BrNO/c1-8(2)13(16)12-5-3-9-7-10(14)4-6-11(9)15-12/h3-8H,1-2H3. The fourth-order valence-electron chi connectivity index (χ4n) is 1.53. The van der Waals surface area contributed by atoms with Crippen LogP contribution in [-0.2, 0) is 0 Å². The fourth-order valence-corrected chi connectivity index (χ4v) is 1.91. The lowest BCUT2D eigenvalue weighted by Gasteiger charge is -2.04. The Hall–Kier alpha value is -1.22. The molecule has 0 fully saturated rings. The summed E-state index contributed by atoms with van der Waals surface area (Å²) in [7, 11) is 0. The lowest BCUT2D eigenvalue weighted by Crippen LogP contribution is -2.09. The molecule has 0 aliphatic heterocycles. The predicted molar refractivity (Wildman–Crippen MR) is 68.6 cm³/mol. The van der Waals surface area contributed by atoms with Crippen LogP contribution in [0.5, 0.6) is 0 Å². The first-order chi connectivity index (χ1) is 7.58. The van der Waals surface area contributed by atoms with Gasteiger partial charge in [-0.3, -0.25) is 4.79 Å². The van der Waals surface area contributed by atoms with Gasteiger partial charge in [0.2, 0.25) is 0 Å². The van der Waals surface area contributed by atoms with Crippen molar-refractivity contribution in [1.82, 2.24) is 4.98 Å². The second-order valence-electron chi connectivity index (χ2n) is 4.05. The number of Topliss-reactive ketones (excluding diaryl/α,β-unsaturated/α-hetero) is 1. The minimum Gasteiger partial charge on any atom is -0.292 e. The van der Waals surface area contributed by atoms with E-state index in [1.54, 1.807) is 6.07 Å². The number of hydrogen-bond acceptors (Lipinski definition) is 2. The molecule has 0 aliphatic rings. The molecule has 1 aromatic carbocycles. The first-order valence-electron chi connectivity index (χ1n) is 5.18. The highest BCUT2D eigenvalue weighted by molar-refractivity contribution is 9.10. The van der Waals surface area contributed by atoms with Gasteiger partial charge in [-0.15, -0.1) is 0 Å². The van der Waals surface area contributed by atoms with Crippen LogP contribution in [0.3, 0.4) is 0 Å². The topological polar surface area (TPSA) is 30.0 Å². The Morgan fingerprint density at radius 1 is 1.25 bits per heavy atom. The number of hydrogen-bond donors (Lipinski definition) is 0. The number of carbonyl (C=O) groups excluding carboxylic acids is 1. The van der Waals surface area contributed by atoms with Crippen LogP contribution >= 0.6 is 15.9 Å². The van der Waals surface area contributed by atoms with Crippen LogP contribution in [0.4, 0.5) is 0 Å². The Morgan fingerprint density at radius 2 is 2.00 bits per heavy atom. The molecule has 16 heavy (non-hydrogen) atoms. The van der Waals surface area contributed by atoms with Crippen molar-refractivity contribution in [2.75, 3.05) is 0 Å². The Labute approximate surface area is 103 Å². The number of aromatic nitrogens is 1. The zero-order valence-corrected chi connectivity index (χ0v) is 10.8. The Balaban J connectivity index is 2.52. The molecule has 3 heteroatoms. The van der Waals surface area contributed by atoms with Crippen molar-refractivity contribution in [3.05, 3.63) is 40.5 Å². The Kier molecular flexibility index (Phi) is 3.06. The smallest absolute Gasteiger partial charge is 0.183 e. The summed E-state index contributed by atoms with van der Waals surface area (Å²) in [4.78, 5) is 16.2. The lowest BCUT2D eigenvalue weighted by atomic mass is 10.1. The summed E-state index contributed by atoms with van der Waals surface area (Å²) < 4.78 is 1.02. The summed E-state index contributed by atoms with van der Waals surface area (Å²) in [5.41, 5.74) is 1.40. The van der Waals surface area contributed by atoms with Crippen molar-refractivity contribution in [3.8, 4) is 0 Å². The van der Waals surface area contributed by atoms with Crippen LogP contribution in [0.2, 0.25) is 0 Å². The van der Waals surface area contributed by atoms with E-state index in [9.17, 15) is 4.79 Å². The Morgan fingerprint density at radius 3 is 2.69 bits per heavy atom. The van der Waals surface area contributed by atoms with Gasteiger partial charge in [-0.05, 0) is 24.3 Å². The molecule has 0 atom stereocenters. The molecule has 2 nitrogen and oxygen atoms in total. The molecule has 0 aliphatic carbocycles. The van der Waals surface area contributed by atoms with Gasteiger partial charge >= 0.3 is 0 Å². The molecular weight excluding hydrogens is 266 g/mol. The predicted octanol–water partition coefficient (Wildman–Crippen LogP) is 3.84. The van der Waals surface area contributed by atoms with Crippen LogP contribution in [0.15, 0.2) is 34.8 Å². The molecule has 0 amide bonds. The number of halogens is 1. The minimum atomic E-state index is -0.0135. The van der Waals surface area contributed by atoms with Gasteiger partial charge in [-0.2, -0.15) is 0 Å². The number of fused-ring (bicyclic) bond motifs is 1. The molecule has 0 unspecified atom stereocenters. The van der Waals surface area contributed by atoms with Crippen molar-refractivity contribution in [1.29, 1.82) is 0 Å². The van der Waals surface area contributed by atoms with Crippen LogP contribution in [0.1, 0.15) is 24.3 Å². The number of rotatable bonds is 2. The van der Waals surface area contributed by atoms with E-state index < -0.39 is 0 Å². The normalized spacial score (nSPS) is 11.0. The van der Waals surface area contributed by atoms with Gasteiger partial charge in [0.05, 0.1) is 5.52 Å². The molecule has 1 aromatic heterocycles. The van der Waals surface area contributed by atoms with E-state index in [1.807, 2.05) is 38.1 Å². The summed E-state index contributed by atoms with van der Waals surface area (Å²) >= 11 is 3.41. The monoisotopic (exact) mass is 277 g/mol. The largest absolute Gasteiger partial charge is 0.292 e. The molecule has 0 bridgehead atoms. The van der Waals surface area contributed by atoms with E-state index in [4.69, 9.17) is 0 Å². The van der Waals surface area contributed by atoms with Gasteiger partial charge in [0, 0.05) is 15.8 Å². The van der Waals surface area contributed by atoms with Crippen LogP contribution in [0.25, 0.3) is 10.9 Å². The van der Waals surface area contributed by atoms with E-state index in [0.29, 0.717) is 5.69 Å². The zero-order valence-electron chi connectivity index (χ0n) is 9.20. The maximum atomic E-state index is 11.8. The third-order valence-electron chi connectivity index (χ3n) is 2.43. The number of nitrogens with zero attached hydrogens (tertiary/aromatic N) is 1. The van der Waals surface area contributed by atoms with E-state index >= 15 is 0 Å². The van der Waals surface area contributed by atoms with Crippen molar-refractivity contribution >= 4 is 32.6 Å². The van der Waals surface area contributed by atoms with Crippen molar-refractivity contribution < 1.29 is 4.79 Å². The highest BCUT2D eigenvalue weighted by atomic mass is 79.9. The van der Waals surface area contributed by atoms with Crippen LogP contribution < -0.4 is 0 Å². The summed E-state index contributed by atoms with van der Waals surface area (Å²) in [6.45, 7) is 3.77. The number of ketones is 1. The maximum Gasteiger partial charge on any atom is 0.183 e. The van der Waals surface area contributed by atoms with Gasteiger partial charge in [0.1, 0.15) is 5.69 Å². The summed E-state index contributed by atoms with van der Waals surface area (Å²) in [6.07, 6.45) is 0. The van der Waals surface area contributed by atoms with Gasteiger partial charge in [0.25, 0.3) is 0 Å². The second kappa shape index (κ2) is 4.34. The van der Waals surface area contributed by atoms with E-state index in [2.05, 4.69) is 20.9 Å². The quantitative estimate of drug-likeness (QED) is 0.781. The average molecular weight is 278 g/mol.